The average Bonchev–Trinajstić information content (AvgIpc) is 2.88. The molecule has 1 heterocycles. The van der Waals surface area contributed by atoms with E-state index in [-0.39, 0.29) is 5.97 Å². The van der Waals surface area contributed by atoms with Crippen molar-refractivity contribution in [2.75, 3.05) is 19.1 Å². The first kappa shape index (κ1) is 19.1. The number of benzene rings is 1. The lowest BCUT2D eigenvalue weighted by Crippen LogP contribution is -2.39. The zero-order chi connectivity index (χ0) is 18.7. The van der Waals surface area contributed by atoms with Crippen LogP contribution in [0.2, 0.25) is 0 Å². The van der Waals surface area contributed by atoms with Crippen molar-refractivity contribution in [3.05, 3.63) is 23.8 Å². The highest BCUT2D eigenvalue weighted by molar-refractivity contribution is 5.93. The van der Waals surface area contributed by atoms with E-state index in [4.69, 9.17) is 9.47 Å². The molecule has 0 bridgehead atoms. The molecule has 3 rings (SSSR count). The van der Waals surface area contributed by atoms with E-state index in [1.165, 1.54) is 58.5 Å². The van der Waals surface area contributed by atoms with Gasteiger partial charge in [0.15, 0.2) is 0 Å². The summed E-state index contributed by atoms with van der Waals surface area (Å²) in [5.41, 5.74) is 2.06. The Morgan fingerprint density at radius 3 is 2.35 bits per heavy atom. The Balaban J connectivity index is 1.90. The molecule has 2 atom stereocenters. The van der Waals surface area contributed by atoms with Crippen LogP contribution in [0.4, 0.5) is 5.69 Å². The normalized spacial score (nSPS) is 25.6. The zero-order valence-electron chi connectivity index (χ0n) is 16.7. The van der Waals surface area contributed by atoms with Crippen molar-refractivity contribution < 1.29 is 14.3 Å². The number of carbonyl (C=O) groups is 1. The van der Waals surface area contributed by atoms with Crippen LogP contribution in [-0.2, 0) is 4.74 Å². The van der Waals surface area contributed by atoms with E-state index in [2.05, 4.69) is 18.7 Å². The Bertz CT molecular complexity index is 634. The molecular formula is C22H33NO3. The number of esters is 1. The van der Waals surface area contributed by atoms with Crippen LogP contribution in [0.15, 0.2) is 18.2 Å². The first-order chi connectivity index (χ1) is 12.5. The van der Waals surface area contributed by atoms with Gasteiger partial charge in [0.2, 0.25) is 0 Å². The summed E-state index contributed by atoms with van der Waals surface area (Å²) in [6.45, 7) is 4.73. The monoisotopic (exact) mass is 359 g/mol. The van der Waals surface area contributed by atoms with Crippen LogP contribution in [0.1, 0.15) is 75.6 Å². The molecule has 1 spiro atoms. The van der Waals surface area contributed by atoms with Crippen molar-refractivity contribution in [2.45, 2.75) is 77.3 Å². The minimum Gasteiger partial charge on any atom is -0.496 e. The lowest BCUT2D eigenvalue weighted by molar-refractivity contribution is 0.0597. The molecule has 1 aliphatic heterocycles. The van der Waals surface area contributed by atoms with Crippen LogP contribution in [-0.4, -0.2) is 32.3 Å². The van der Waals surface area contributed by atoms with Gasteiger partial charge >= 0.3 is 5.97 Å². The van der Waals surface area contributed by atoms with Crippen molar-refractivity contribution in [3.8, 4) is 5.75 Å². The molecule has 1 saturated heterocycles. The highest BCUT2D eigenvalue weighted by Crippen LogP contribution is 2.50. The lowest BCUT2D eigenvalue weighted by atomic mass is 9.71. The molecule has 1 aliphatic carbocycles. The fraction of sp³-hybridized carbons (Fsp3) is 0.682. The maximum Gasteiger partial charge on any atom is 0.341 e. The van der Waals surface area contributed by atoms with Gasteiger partial charge in [-0.15, -0.1) is 0 Å². The third-order valence-electron chi connectivity index (χ3n) is 6.72. The van der Waals surface area contributed by atoms with Gasteiger partial charge in [-0.1, -0.05) is 32.1 Å². The molecule has 26 heavy (non-hydrogen) atoms. The van der Waals surface area contributed by atoms with Crippen molar-refractivity contribution >= 4 is 11.7 Å². The molecule has 4 heteroatoms. The van der Waals surface area contributed by atoms with Crippen molar-refractivity contribution in [2.24, 2.45) is 5.41 Å². The van der Waals surface area contributed by atoms with Gasteiger partial charge in [0.1, 0.15) is 11.3 Å². The molecule has 4 nitrogen and oxygen atoms in total. The summed E-state index contributed by atoms with van der Waals surface area (Å²) in [7, 11) is 3.01. The maximum atomic E-state index is 12.0. The van der Waals surface area contributed by atoms with Gasteiger partial charge in [-0.2, -0.15) is 0 Å². The molecule has 0 amide bonds. The molecule has 0 radical (unpaired) electrons. The van der Waals surface area contributed by atoms with Crippen LogP contribution >= 0.6 is 0 Å². The predicted molar refractivity (Wildman–Crippen MR) is 105 cm³/mol. The SMILES string of the molecule is COC(=O)c1ccc(N2C(C)CC3(CCCCCCC3)C2C)cc1OC. The van der Waals surface area contributed by atoms with E-state index in [1.807, 2.05) is 18.2 Å². The summed E-state index contributed by atoms with van der Waals surface area (Å²) in [4.78, 5) is 14.5. The fourth-order valence-electron chi connectivity index (χ4n) is 5.36. The third kappa shape index (κ3) is 3.43. The van der Waals surface area contributed by atoms with E-state index in [1.54, 1.807) is 7.11 Å². The predicted octanol–water partition coefficient (Wildman–Crippen LogP) is 5.20. The second kappa shape index (κ2) is 7.89. The molecule has 2 unspecified atom stereocenters. The average molecular weight is 360 g/mol. The highest BCUT2D eigenvalue weighted by atomic mass is 16.5. The van der Waals surface area contributed by atoms with Gasteiger partial charge in [0.05, 0.1) is 14.2 Å². The van der Waals surface area contributed by atoms with E-state index in [9.17, 15) is 4.79 Å². The van der Waals surface area contributed by atoms with Gasteiger partial charge in [-0.25, -0.2) is 4.79 Å². The Hall–Kier alpha value is -1.71. The Labute approximate surface area is 157 Å². The van der Waals surface area contributed by atoms with Gasteiger partial charge < -0.3 is 14.4 Å². The molecule has 2 aliphatic rings. The molecular weight excluding hydrogens is 326 g/mol. The summed E-state index contributed by atoms with van der Waals surface area (Å²) in [6.07, 6.45) is 10.8. The number of hydrogen-bond acceptors (Lipinski definition) is 4. The van der Waals surface area contributed by atoms with E-state index >= 15 is 0 Å². The number of anilines is 1. The molecule has 144 valence electrons. The van der Waals surface area contributed by atoms with Gasteiger partial charge in [-0.05, 0) is 50.7 Å². The third-order valence-corrected chi connectivity index (χ3v) is 6.72. The largest absolute Gasteiger partial charge is 0.496 e. The molecule has 1 aromatic rings. The molecule has 2 fully saturated rings. The first-order valence-electron chi connectivity index (χ1n) is 10.1. The van der Waals surface area contributed by atoms with Crippen molar-refractivity contribution in [1.82, 2.24) is 0 Å². The number of nitrogens with zero attached hydrogens (tertiary/aromatic N) is 1. The van der Waals surface area contributed by atoms with Crippen molar-refractivity contribution in [3.63, 3.8) is 0 Å². The van der Waals surface area contributed by atoms with E-state index in [0.29, 0.717) is 28.8 Å². The second-order valence-electron chi connectivity index (χ2n) is 8.14. The summed E-state index contributed by atoms with van der Waals surface area (Å²) in [5, 5.41) is 0. The number of hydrogen-bond donors (Lipinski definition) is 0. The van der Waals surface area contributed by atoms with Crippen molar-refractivity contribution in [1.29, 1.82) is 0 Å². The maximum absolute atomic E-state index is 12.0. The number of methoxy groups -OCH3 is 2. The van der Waals surface area contributed by atoms with Crippen LogP contribution in [0.5, 0.6) is 5.75 Å². The van der Waals surface area contributed by atoms with E-state index < -0.39 is 0 Å². The summed E-state index contributed by atoms with van der Waals surface area (Å²) < 4.78 is 10.4. The summed E-state index contributed by atoms with van der Waals surface area (Å²) in [5.74, 6) is 0.236. The topological polar surface area (TPSA) is 38.8 Å². The number of ether oxygens (including phenoxy) is 2. The first-order valence-corrected chi connectivity index (χ1v) is 10.1. The van der Waals surface area contributed by atoms with Crippen LogP contribution < -0.4 is 9.64 Å². The standard InChI is InChI=1S/C22H33NO3/c1-16-15-22(12-8-6-5-7-9-13-22)17(2)23(16)18-10-11-19(21(24)26-4)20(14-18)25-3/h10-11,14,16-17H,5-9,12-13,15H2,1-4H3. The Kier molecular flexibility index (Phi) is 5.79. The quantitative estimate of drug-likeness (QED) is 0.695. The van der Waals surface area contributed by atoms with Crippen LogP contribution in [0.3, 0.4) is 0 Å². The molecule has 1 aromatic carbocycles. The van der Waals surface area contributed by atoms with Crippen LogP contribution in [0, 0.1) is 5.41 Å². The highest BCUT2D eigenvalue weighted by Gasteiger charge is 2.47. The van der Waals surface area contributed by atoms with Crippen LogP contribution in [0.25, 0.3) is 0 Å². The molecule has 0 N–H and O–H groups in total. The lowest BCUT2D eigenvalue weighted by Gasteiger charge is -2.38. The minimum absolute atomic E-state index is 0.354. The zero-order valence-corrected chi connectivity index (χ0v) is 16.7. The molecule has 0 aromatic heterocycles. The molecule has 1 saturated carbocycles. The van der Waals surface area contributed by atoms with E-state index in [0.717, 1.165) is 5.69 Å². The Morgan fingerprint density at radius 1 is 1.08 bits per heavy atom. The fourth-order valence-corrected chi connectivity index (χ4v) is 5.36. The smallest absolute Gasteiger partial charge is 0.341 e. The van der Waals surface area contributed by atoms with Gasteiger partial charge in [-0.3, -0.25) is 0 Å². The number of carbonyl (C=O) groups excluding carboxylic acids is 1. The summed E-state index contributed by atoms with van der Waals surface area (Å²) >= 11 is 0. The van der Waals surface area contributed by atoms with Gasteiger partial charge in [0, 0.05) is 23.8 Å². The summed E-state index contributed by atoms with van der Waals surface area (Å²) in [6, 6.07) is 6.88. The number of rotatable bonds is 3. The minimum atomic E-state index is -0.354. The Morgan fingerprint density at radius 2 is 1.73 bits per heavy atom. The van der Waals surface area contributed by atoms with Gasteiger partial charge in [0.25, 0.3) is 0 Å². The second-order valence-corrected chi connectivity index (χ2v) is 8.14.